The number of aromatic nitrogens is 1. The summed E-state index contributed by atoms with van der Waals surface area (Å²) >= 11 is 0. The van der Waals surface area contributed by atoms with E-state index in [1.54, 1.807) is 0 Å². The normalized spacial score (nSPS) is 14.1. The standard InChI is InChI=1S/C15H14N/c1-12-15(13-7-3-2-4-8-13)11-14-9-5-6-10-16(12)14/h2-10H,11H2,1H3/q+1. The number of fused-ring (bicyclic) bond motifs is 1. The SMILES string of the molecule is CC1=C(c2ccccc2)Cc2cccc[n+]21. The second-order valence-electron chi connectivity index (χ2n) is 4.17. The highest BCUT2D eigenvalue weighted by Gasteiger charge is 2.26. The van der Waals surface area contributed by atoms with Crippen molar-refractivity contribution >= 4 is 11.3 Å². The van der Waals surface area contributed by atoms with Crippen LogP contribution in [0.15, 0.2) is 54.7 Å². The van der Waals surface area contributed by atoms with Gasteiger partial charge < -0.3 is 0 Å². The van der Waals surface area contributed by atoms with Gasteiger partial charge in [-0.05, 0) is 5.56 Å². The summed E-state index contributed by atoms with van der Waals surface area (Å²) in [6.45, 7) is 2.19. The minimum absolute atomic E-state index is 1.04. The predicted molar refractivity (Wildman–Crippen MR) is 65.6 cm³/mol. The lowest BCUT2D eigenvalue weighted by molar-refractivity contribution is -0.584. The van der Waals surface area contributed by atoms with Gasteiger partial charge in [-0.2, -0.15) is 4.57 Å². The average Bonchev–Trinajstić information content (AvgIpc) is 2.69. The Kier molecular flexibility index (Phi) is 2.10. The van der Waals surface area contributed by atoms with E-state index >= 15 is 0 Å². The predicted octanol–water partition coefficient (Wildman–Crippen LogP) is 2.92. The minimum atomic E-state index is 1.04. The maximum atomic E-state index is 2.28. The summed E-state index contributed by atoms with van der Waals surface area (Å²) in [6, 6.07) is 17.0. The molecule has 1 aliphatic heterocycles. The smallest absolute Gasteiger partial charge is 0.168 e. The van der Waals surface area contributed by atoms with Crippen molar-refractivity contribution in [2.45, 2.75) is 13.3 Å². The number of rotatable bonds is 1. The number of allylic oxidation sites excluding steroid dienone is 2. The summed E-state index contributed by atoms with van der Waals surface area (Å²) in [5.74, 6) is 0. The van der Waals surface area contributed by atoms with Gasteiger partial charge in [-0.25, -0.2) is 0 Å². The van der Waals surface area contributed by atoms with Crippen LogP contribution in [-0.2, 0) is 6.42 Å². The van der Waals surface area contributed by atoms with E-state index in [2.05, 4.69) is 66.2 Å². The lowest BCUT2D eigenvalue weighted by Crippen LogP contribution is -2.31. The van der Waals surface area contributed by atoms with Crippen LogP contribution in [0.5, 0.6) is 0 Å². The largest absolute Gasteiger partial charge is 0.191 e. The van der Waals surface area contributed by atoms with Gasteiger partial charge in [0, 0.05) is 24.6 Å². The molecule has 1 heteroatoms. The zero-order chi connectivity index (χ0) is 11.0. The van der Waals surface area contributed by atoms with E-state index in [1.807, 2.05) is 0 Å². The van der Waals surface area contributed by atoms with Gasteiger partial charge >= 0.3 is 0 Å². The first-order chi connectivity index (χ1) is 7.86. The fraction of sp³-hybridized carbons (Fsp3) is 0.133. The van der Waals surface area contributed by atoms with Gasteiger partial charge in [-0.15, -0.1) is 0 Å². The third-order valence-corrected chi connectivity index (χ3v) is 3.22. The van der Waals surface area contributed by atoms with E-state index in [4.69, 9.17) is 0 Å². The molecule has 1 nitrogen and oxygen atoms in total. The van der Waals surface area contributed by atoms with Crippen LogP contribution in [0.4, 0.5) is 0 Å². The quantitative estimate of drug-likeness (QED) is 0.634. The minimum Gasteiger partial charge on any atom is -0.168 e. The molecule has 0 fully saturated rings. The van der Waals surface area contributed by atoms with Crippen LogP contribution in [0.2, 0.25) is 0 Å². The van der Waals surface area contributed by atoms with E-state index in [1.165, 1.54) is 22.5 Å². The van der Waals surface area contributed by atoms with Gasteiger partial charge in [0.2, 0.25) is 0 Å². The second-order valence-corrected chi connectivity index (χ2v) is 4.17. The number of pyridine rings is 1. The molecule has 0 unspecified atom stereocenters. The maximum absolute atomic E-state index is 2.28. The van der Waals surface area contributed by atoms with Crippen LogP contribution in [0.1, 0.15) is 18.2 Å². The molecule has 0 bridgehead atoms. The summed E-state index contributed by atoms with van der Waals surface area (Å²) in [6.07, 6.45) is 3.18. The Morgan fingerprint density at radius 1 is 0.938 bits per heavy atom. The lowest BCUT2D eigenvalue weighted by atomic mass is 10.0. The van der Waals surface area contributed by atoms with E-state index in [0.29, 0.717) is 0 Å². The third-order valence-electron chi connectivity index (χ3n) is 3.22. The van der Waals surface area contributed by atoms with Crippen molar-refractivity contribution in [3.05, 3.63) is 66.0 Å². The summed E-state index contributed by atoms with van der Waals surface area (Å²) in [5.41, 5.74) is 5.50. The van der Waals surface area contributed by atoms with Crippen LogP contribution in [0, 0.1) is 0 Å². The fourth-order valence-electron chi connectivity index (χ4n) is 2.35. The summed E-state index contributed by atoms with van der Waals surface area (Å²) in [5, 5.41) is 0. The molecule has 0 amide bonds. The van der Waals surface area contributed by atoms with Crippen molar-refractivity contribution in [1.82, 2.24) is 0 Å². The third kappa shape index (κ3) is 1.36. The number of benzene rings is 1. The molecule has 3 rings (SSSR count). The van der Waals surface area contributed by atoms with Crippen LogP contribution in [0.3, 0.4) is 0 Å². The van der Waals surface area contributed by atoms with Crippen LogP contribution >= 0.6 is 0 Å². The molecule has 0 N–H and O–H groups in total. The lowest BCUT2D eigenvalue weighted by Gasteiger charge is -1.98. The fourth-order valence-corrected chi connectivity index (χ4v) is 2.35. The van der Waals surface area contributed by atoms with Gasteiger partial charge in [0.15, 0.2) is 17.6 Å². The van der Waals surface area contributed by atoms with Crippen molar-refractivity contribution in [3.8, 4) is 0 Å². The molecule has 1 aromatic heterocycles. The second kappa shape index (κ2) is 3.60. The van der Waals surface area contributed by atoms with Crippen LogP contribution < -0.4 is 4.57 Å². The number of hydrogen-bond donors (Lipinski definition) is 0. The molecule has 0 radical (unpaired) electrons. The van der Waals surface area contributed by atoms with Gasteiger partial charge in [0.1, 0.15) is 0 Å². The average molecular weight is 208 g/mol. The monoisotopic (exact) mass is 208 g/mol. The topological polar surface area (TPSA) is 3.88 Å². The van der Waals surface area contributed by atoms with E-state index < -0.39 is 0 Å². The van der Waals surface area contributed by atoms with Crippen molar-refractivity contribution in [1.29, 1.82) is 0 Å². The molecular weight excluding hydrogens is 194 g/mol. The Labute approximate surface area is 95.7 Å². The van der Waals surface area contributed by atoms with E-state index in [0.717, 1.165) is 6.42 Å². The zero-order valence-electron chi connectivity index (χ0n) is 9.35. The Morgan fingerprint density at radius 3 is 2.44 bits per heavy atom. The number of hydrogen-bond acceptors (Lipinski definition) is 0. The van der Waals surface area contributed by atoms with Crippen molar-refractivity contribution in [3.63, 3.8) is 0 Å². The molecule has 0 aliphatic carbocycles. The summed E-state index contributed by atoms with van der Waals surface area (Å²) in [4.78, 5) is 0. The molecule has 0 saturated carbocycles. The van der Waals surface area contributed by atoms with Gasteiger partial charge in [0.05, 0.1) is 6.42 Å². The Bertz CT molecular complexity index is 553. The molecule has 0 spiro atoms. The number of nitrogens with zero attached hydrogens (tertiary/aromatic N) is 1. The van der Waals surface area contributed by atoms with E-state index in [-0.39, 0.29) is 0 Å². The molecule has 0 saturated heterocycles. The van der Waals surface area contributed by atoms with Crippen molar-refractivity contribution in [2.75, 3.05) is 0 Å². The first kappa shape index (κ1) is 9.34. The Hall–Kier alpha value is -1.89. The highest BCUT2D eigenvalue weighted by Crippen LogP contribution is 2.26. The van der Waals surface area contributed by atoms with Gasteiger partial charge in [-0.3, -0.25) is 0 Å². The first-order valence-corrected chi connectivity index (χ1v) is 5.61. The highest BCUT2D eigenvalue weighted by atomic mass is 15.0. The van der Waals surface area contributed by atoms with Gasteiger partial charge in [0.25, 0.3) is 0 Å². The van der Waals surface area contributed by atoms with E-state index in [9.17, 15) is 0 Å². The highest BCUT2D eigenvalue weighted by molar-refractivity contribution is 5.81. The molecule has 1 aliphatic rings. The molecule has 2 aromatic rings. The zero-order valence-corrected chi connectivity index (χ0v) is 9.35. The van der Waals surface area contributed by atoms with Crippen LogP contribution in [-0.4, -0.2) is 0 Å². The summed E-state index contributed by atoms with van der Waals surface area (Å²) < 4.78 is 2.28. The van der Waals surface area contributed by atoms with Crippen molar-refractivity contribution in [2.24, 2.45) is 0 Å². The Morgan fingerprint density at radius 2 is 1.69 bits per heavy atom. The Balaban J connectivity index is 2.11. The van der Waals surface area contributed by atoms with Crippen LogP contribution in [0.25, 0.3) is 11.3 Å². The molecule has 1 aromatic carbocycles. The van der Waals surface area contributed by atoms with Gasteiger partial charge in [-0.1, -0.05) is 36.4 Å². The molecule has 78 valence electrons. The molecule has 2 heterocycles. The molecular formula is C15H14N+. The first-order valence-electron chi connectivity index (χ1n) is 5.61. The summed E-state index contributed by atoms with van der Waals surface area (Å²) in [7, 11) is 0. The van der Waals surface area contributed by atoms with Crippen molar-refractivity contribution < 1.29 is 4.57 Å². The molecule has 16 heavy (non-hydrogen) atoms. The maximum Gasteiger partial charge on any atom is 0.191 e. The molecule has 0 atom stereocenters.